The fraction of sp³-hybridized carbons (Fsp3) is 0.286. The highest BCUT2D eigenvalue weighted by atomic mass is 16.5. The molecule has 5 heteroatoms. The number of carbonyl (C=O) groups is 1. The van der Waals surface area contributed by atoms with E-state index in [2.05, 4.69) is 11.9 Å². The van der Waals surface area contributed by atoms with Gasteiger partial charge in [-0.25, -0.2) is 0 Å². The van der Waals surface area contributed by atoms with Crippen LogP contribution in [0.4, 0.5) is 0 Å². The molecule has 0 fully saturated rings. The predicted molar refractivity (Wildman–Crippen MR) is 102 cm³/mol. The quantitative estimate of drug-likeness (QED) is 0.665. The molecule has 0 spiro atoms. The van der Waals surface area contributed by atoms with Crippen LogP contribution in [0.1, 0.15) is 11.1 Å². The van der Waals surface area contributed by atoms with Crippen LogP contribution in [0.15, 0.2) is 55.1 Å². The third kappa shape index (κ3) is 5.84. The molecule has 0 unspecified atom stereocenters. The summed E-state index contributed by atoms with van der Waals surface area (Å²) in [5.41, 5.74) is 2.21. The molecule has 2 rings (SSSR count). The van der Waals surface area contributed by atoms with E-state index in [1.165, 1.54) is 0 Å². The van der Waals surface area contributed by atoms with E-state index in [0.29, 0.717) is 18.0 Å². The molecule has 0 saturated heterocycles. The van der Waals surface area contributed by atoms with Gasteiger partial charge in [0, 0.05) is 6.54 Å². The summed E-state index contributed by atoms with van der Waals surface area (Å²) in [7, 11) is 3.21. The van der Waals surface area contributed by atoms with Crippen molar-refractivity contribution in [3.8, 4) is 17.2 Å². The highest BCUT2D eigenvalue weighted by Gasteiger charge is 2.08. The zero-order valence-electron chi connectivity index (χ0n) is 15.3. The van der Waals surface area contributed by atoms with Crippen LogP contribution in [0.3, 0.4) is 0 Å². The molecular weight excluding hydrogens is 330 g/mol. The smallest absolute Gasteiger partial charge is 0.257 e. The number of ether oxygens (including phenoxy) is 3. The molecule has 0 aliphatic rings. The Bertz CT molecular complexity index is 725. The van der Waals surface area contributed by atoms with Crippen molar-refractivity contribution in [1.82, 2.24) is 5.32 Å². The van der Waals surface area contributed by atoms with E-state index < -0.39 is 0 Å². The first-order valence-corrected chi connectivity index (χ1v) is 8.46. The molecule has 0 radical (unpaired) electrons. The first kappa shape index (κ1) is 19.4. The maximum atomic E-state index is 12.0. The summed E-state index contributed by atoms with van der Waals surface area (Å²) in [6, 6.07) is 13.4. The van der Waals surface area contributed by atoms with E-state index in [9.17, 15) is 4.79 Å². The summed E-state index contributed by atoms with van der Waals surface area (Å²) >= 11 is 0. The number of amides is 1. The van der Waals surface area contributed by atoms with Crippen molar-refractivity contribution in [3.05, 3.63) is 66.2 Å². The van der Waals surface area contributed by atoms with Crippen molar-refractivity contribution >= 4 is 5.91 Å². The normalized spacial score (nSPS) is 10.1. The van der Waals surface area contributed by atoms with Gasteiger partial charge in [-0.2, -0.15) is 0 Å². The van der Waals surface area contributed by atoms with Crippen LogP contribution in [0.5, 0.6) is 17.2 Å². The monoisotopic (exact) mass is 355 g/mol. The van der Waals surface area contributed by atoms with Gasteiger partial charge in [-0.05, 0) is 48.2 Å². The van der Waals surface area contributed by atoms with E-state index in [1.807, 2.05) is 48.5 Å². The molecule has 26 heavy (non-hydrogen) atoms. The number of hydrogen-bond donors (Lipinski definition) is 1. The minimum absolute atomic E-state index is 0.0558. The van der Waals surface area contributed by atoms with Gasteiger partial charge in [0.25, 0.3) is 5.91 Å². The zero-order chi connectivity index (χ0) is 18.8. The zero-order valence-corrected chi connectivity index (χ0v) is 15.3. The lowest BCUT2D eigenvalue weighted by Gasteiger charge is -2.12. The summed E-state index contributed by atoms with van der Waals surface area (Å²) in [4.78, 5) is 12.0. The molecule has 2 aromatic rings. The molecule has 0 aromatic heterocycles. The maximum absolute atomic E-state index is 12.0. The lowest BCUT2D eigenvalue weighted by Crippen LogP contribution is -2.30. The van der Waals surface area contributed by atoms with Gasteiger partial charge in [0.2, 0.25) is 0 Å². The van der Waals surface area contributed by atoms with E-state index >= 15 is 0 Å². The van der Waals surface area contributed by atoms with Crippen molar-refractivity contribution in [2.75, 3.05) is 27.4 Å². The molecule has 0 aliphatic carbocycles. The van der Waals surface area contributed by atoms with Gasteiger partial charge >= 0.3 is 0 Å². The summed E-state index contributed by atoms with van der Waals surface area (Å²) in [5.74, 6) is 1.80. The summed E-state index contributed by atoms with van der Waals surface area (Å²) in [6.07, 6.45) is 3.32. The molecule has 138 valence electrons. The number of hydrogen-bond acceptors (Lipinski definition) is 4. The largest absolute Gasteiger partial charge is 0.497 e. The maximum Gasteiger partial charge on any atom is 0.257 e. The third-order valence-corrected chi connectivity index (χ3v) is 3.86. The Morgan fingerprint density at radius 1 is 1.04 bits per heavy atom. The van der Waals surface area contributed by atoms with Gasteiger partial charge in [0.1, 0.15) is 5.75 Å². The van der Waals surface area contributed by atoms with Crippen molar-refractivity contribution in [2.45, 2.75) is 12.8 Å². The van der Waals surface area contributed by atoms with Gasteiger partial charge in [-0.3, -0.25) is 4.79 Å². The van der Waals surface area contributed by atoms with Gasteiger partial charge in [-0.1, -0.05) is 24.3 Å². The highest BCUT2D eigenvalue weighted by Crippen LogP contribution is 2.28. The second kappa shape index (κ2) is 10.1. The van der Waals surface area contributed by atoms with Gasteiger partial charge in [-0.15, -0.1) is 6.58 Å². The van der Waals surface area contributed by atoms with Gasteiger partial charge in [0.15, 0.2) is 18.1 Å². The molecule has 5 nitrogen and oxygen atoms in total. The fourth-order valence-corrected chi connectivity index (χ4v) is 2.46. The summed E-state index contributed by atoms with van der Waals surface area (Å²) < 4.78 is 16.0. The van der Waals surface area contributed by atoms with Crippen molar-refractivity contribution in [3.63, 3.8) is 0 Å². The number of allylic oxidation sites excluding steroid dienone is 1. The molecule has 0 aliphatic heterocycles. The minimum Gasteiger partial charge on any atom is -0.497 e. The molecule has 2 aromatic carbocycles. The Balaban J connectivity index is 1.78. The number of nitrogens with one attached hydrogen (secondary N) is 1. The average molecular weight is 355 g/mol. The predicted octanol–water partition coefficient (Wildman–Crippen LogP) is 3.17. The van der Waals surface area contributed by atoms with Crippen LogP contribution in [0, 0.1) is 0 Å². The molecule has 0 saturated carbocycles. The molecule has 1 N–H and O–H groups in total. The van der Waals surface area contributed by atoms with E-state index in [0.717, 1.165) is 29.7 Å². The fourth-order valence-electron chi connectivity index (χ4n) is 2.46. The van der Waals surface area contributed by atoms with Crippen LogP contribution in [0.2, 0.25) is 0 Å². The van der Waals surface area contributed by atoms with Gasteiger partial charge in [0.05, 0.1) is 14.2 Å². The number of benzene rings is 2. The lowest BCUT2D eigenvalue weighted by molar-refractivity contribution is -0.123. The Kier molecular flexibility index (Phi) is 7.55. The van der Waals surface area contributed by atoms with E-state index in [1.54, 1.807) is 14.2 Å². The standard InChI is InChI=1S/C21H25NO4/c1-4-5-17-8-11-19(20(14-17)25-3)26-15-21(23)22-13-12-16-6-9-18(24-2)10-7-16/h4,6-11,14H,1,5,12-13,15H2,2-3H3,(H,22,23). The van der Waals surface area contributed by atoms with Crippen molar-refractivity contribution in [1.29, 1.82) is 0 Å². The Morgan fingerprint density at radius 3 is 2.42 bits per heavy atom. The lowest BCUT2D eigenvalue weighted by atomic mass is 10.1. The van der Waals surface area contributed by atoms with E-state index in [4.69, 9.17) is 14.2 Å². The SMILES string of the molecule is C=CCc1ccc(OCC(=O)NCCc2ccc(OC)cc2)c(OC)c1. The first-order valence-electron chi connectivity index (χ1n) is 8.46. The number of carbonyl (C=O) groups excluding carboxylic acids is 1. The van der Waals surface area contributed by atoms with Crippen LogP contribution >= 0.6 is 0 Å². The first-order chi connectivity index (χ1) is 12.7. The second-order valence-corrected chi connectivity index (χ2v) is 5.71. The topological polar surface area (TPSA) is 56.8 Å². The van der Waals surface area contributed by atoms with Crippen LogP contribution in [-0.4, -0.2) is 33.3 Å². The molecule has 0 heterocycles. The summed E-state index contributed by atoms with van der Waals surface area (Å²) in [6.45, 7) is 4.21. The van der Waals surface area contributed by atoms with Crippen molar-refractivity contribution in [2.24, 2.45) is 0 Å². The summed E-state index contributed by atoms with van der Waals surface area (Å²) in [5, 5.41) is 2.85. The van der Waals surface area contributed by atoms with E-state index in [-0.39, 0.29) is 12.5 Å². The van der Waals surface area contributed by atoms with Crippen molar-refractivity contribution < 1.29 is 19.0 Å². The number of methoxy groups -OCH3 is 2. The Hall–Kier alpha value is -2.95. The highest BCUT2D eigenvalue weighted by molar-refractivity contribution is 5.77. The van der Waals surface area contributed by atoms with Crippen LogP contribution in [-0.2, 0) is 17.6 Å². The Morgan fingerprint density at radius 2 is 1.77 bits per heavy atom. The van der Waals surface area contributed by atoms with Crippen LogP contribution in [0.25, 0.3) is 0 Å². The molecule has 1 amide bonds. The second-order valence-electron chi connectivity index (χ2n) is 5.71. The Labute approximate surface area is 154 Å². The molecule has 0 bridgehead atoms. The van der Waals surface area contributed by atoms with Gasteiger partial charge < -0.3 is 19.5 Å². The average Bonchev–Trinajstić information content (AvgIpc) is 2.67. The number of rotatable bonds is 10. The third-order valence-electron chi connectivity index (χ3n) is 3.86. The molecule has 0 atom stereocenters. The minimum atomic E-state index is -0.171. The van der Waals surface area contributed by atoms with Crippen LogP contribution < -0.4 is 19.5 Å². The molecular formula is C21H25NO4.